The molecule has 1 fully saturated rings. The molecule has 1 aromatic carbocycles. The molecule has 0 radical (unpaired) electrons. The molecule has 2 rings (SSSR count). The maximum Gasteiger partial charge on any atom is 0.251 e. The first-order chi connectivity index (χ1) is 11.5. The van der Waals surface area contributed by atoms with Crippen molar-refractivity contribution < 1.29 is 14.4 Å². The molecule has 0 bridgehead atoms. The molecule has 1 atom stereocenters. The summed E-state index contributed by atoms with van der Waals surface area (Å²) >= 11 is 0. The number of carbonyl (C=O) groups is 3. The fourth-order valence-electron chi connectivity index (χ4n) is 2.88. The molecule has 1 saturated heterocycles. The van der Waals surface area contributed by atoms with Gasteiger partial charge in [0, 0.05) is 38.2 Å². The van der Waals surface area contributed by atoms with E-state index < -0.39 is 0 Å². The van der Waals surface area contributed by atoms with Crippen molar-refractivity contribution in [3.63, 3.8) is 0 Å². The summed E-state index contributed by atoms with van der Waals surface area (Å²) in [5.74, 6) is -0.378. The molecule has 3 N–H and O–H groups in total. The Morgan fingerprint density at radius 2 is 2.00 bits per heavy atom. The van der Waals surface area contributed by atoms with Crippen molar-refractivity contribution in [1.82, 2.24) is 10.2 Å². The molecular formula is C18H23N3O3. The van der Waals surface area contributed by atoms with E-state index in [1.807, 2.05) is 0 Å². The van der Waals surface area contributed by atoms with Gasteiger partial charge in [0.25, 0.3) is 5.91 Å². The lowest BCUT2D eigenvalue weighted by Gasteiger charge is -2.31. The number of nitrogens with zero attached hydrogens (tertiary/aromatic N) is 1. The Hall–Kier alpha value is -2.63. The minimum Gasteiger partial charge on any atom is -0.370 e. The lowest BCUT2D eigenvalue weighted by molar-refractivity contribution is -0.129. The second-order valence-corrected chi connectivity index (χ2v) is 6.00. The number of benzene rings is 1. The van der Waals surface area contributed by atoms with E-state index in [9.17, 15) is 14.4 Å². The Morgan fingerprint density at radius 3 is 2.62 bits per heavy atom. The summed E-state index contributed by atoms with van der Waals surface area (Å²) in [7, 11) is 1.58. The summed E-state index contributed by atoms with van der Waals surface area (Å²) in [6, 6.07) is 7.01. The normalized spacial score (nSPS) is 17.7. The van der Waals surface area contributed by atoms with Gasteiger partial charge in [-0.3, -0.25) is 14.4 Å². The number of primary amides is 1. The quantitative estimate of drug-likeness (QED) is 0.794. The highest BCUT2D eigenvalue weighted by Gasteiger charge is 2.23. The zero-order chi connectivity index (χ0) is 17.5. The molecule has 6 heteroatoms. The van der Waals surface area contributed by atoms with Crippen molar-refractivity contribution in [2.45, 2.75) is 19.3 Å². The number of hydrogen-bond acceptors (Lipinski definition) is 3. The predicted octanol–water partition coefficient (Wildman–Crippen LogP) is 1.17. The summed E-state index contributed by atoms with van der Waals surface area (Å²) in [5.41, 5.74) is 6.66. The standard InChI is InChI=1S/C18H23N3O3/c1-20-18(24)15-7-4-13(5-8-15)6-9-17(23)21-10-2-3-14(12-21)11-16(19)22/h4-9,14H,2-3,10-12H2,1H3,(H2,19,22)(H,20,24)/b9-6-/t14-/m0/s1. The van der Waals surface area contributed by atoms with Crippen LogP contribution in [0.4, 0.5) is 0 Å². The smallest absolute Gasteiger partial charge is 0.251 e. The molecule has 0 spiro atoms. The number of nitrogens with two attached hydrogens (primary N) is 1. The second kappa shape index (κ2) is 8.29. The van der Waals surface area contributed by atoms with Gasteiger partial charge in [-0.05, 0) is 42.5 Å². The van der Waals surface area contributed by atoms with Gasteiger partial charge in [-0.15, -0.1) is 0 Å². The molecule has 128 valence electrons. The zero-order valence-electron chi connectivity index (χ0n) is 13.8. The molecule has 1 aliphatic heterocycles. The average molecular weight is 329 g/mol. The Kier molecular flexibility index (Phi) is 6.12. The zero-order valence-corrected chi connectivity index (χ0v) is 13.8. The largest absolute Gasteiger partial charge is 0.370 e. The summed E-state index contributed by atoms with van der Waals surface area (Å²) in [4.78, 5) is 36.5. The lowest BCUT2D eigenvalue weighted by Crippen LogP contribution is -2.40. The molecule has 3 amide bonds. The van der Waals surface area contributed by atoms with E-state index in [1.54, 1.807) is 42.3 Å². The summed E-state index contributed by atoms with van der Waals surface area (Å²) in [6.07, 6.45) is 5.40. The van der Waals surface area contributed by atoms with Gasteiger partial charge in [-0.25, -0.2) is 0 Å². The van der Waals surface area contributed by atoms with Gasteiger partial charge in [-0.2, -0.15) is 0 Å². The molecule has 24 heavy (non-hydrogen) atoms. The van der Waals surface area contributed by atoms with E-state index in [0.29, 0.717) is 25.1 Å². The van der Waals surface area contributed by atoms with Crippen LogP contribution in [-0.2, 0) is 9.59 Å². The maximum absolute atomic E-state index is 12.3. The number of piperidine rings is 1. The van der Waals surface area contributed by atoms with Gasteiger partial charge in [0.15, 0.2) is 0 Å². The monoisotopic (exact) mass is 329 g/mol. The first-order valence-corrected chi connectivity index (χ1v) is 8.07. The van der Waals surface area contributed by atoms with Crippen LogP contribution in [0, 0.1) is 5.92 Å². The molecule has 1 aliphatic rings. The van der Waals surface area contributed by atoms with Gasteiger partial charge in [-0.1, -0.05) is 12.1 Å². The van der Waals surface area contributed by atoms with Crippen molar-refractivity contribution in [3.8, 4) is 0 Å². The minimum absolute atomic E-state index is 0.0699. The maximum atomic E-state index is 12.3. The molecule has 0 aliphatic carbocycles. The number of amides is 3. The molecule has 0 saturated carbocycles. The number of rotatable bonds is 5. The van der Waals surface area contributed by atoms with Crippen molar-refractivity contribution in [2.24, 2.45) is 11.7 Å². The van der Waals surface area contributed by atoms with Crippen molar-refractivity contribution >= 4 is 23.8 Å². The predicted molar refractivity (Wildman–Crippen MR) is 92.0 cm³/mol. The average Bonchev–Trinajstić information content (AvgIpc) is 2.59. The third-order valence-corrected chi connectivity index (χ3v) is 4.14. The van der Waals surface area contributed by atoms with Gasteiger partial charge in [0.05, 0.1) is 0 Å². The van der Waals surface area contributed by atoms with Crippen LogP contribution < -0.4 is 11.1 Å². The number of carbonyl (C=O) groups excluding carboxylic acids is 3. The highest BCUT2D eigenvalue weighted by Crippen LogP contribution is 2.19. The summed E-state index contributed by atoms with van der Waals surface area (Å²) < 4.78 is 0. The van der Waals surface area contributed by atoms with Crippen LogP contribution in [0.3, 0.4) is 0 Å². The van der Waals surface area contributed by atoms with Crippen LogP contribution in [0.2, 0.25) is 0 Å². The van der Waals surface area contributed by atoms with Crippen LogP contribution in [0.25, 0.3) is 6.08 Å². The highest BCUT2D eigenvalue weighted by atomic mass is 16.2. The van der Waals surface area contributed by atoms with Crippen molar-refractivity contribution in [3.05, 3.63) is 41.5 Å². The van der Waals surface area contributed by atoms with E-state index in [1.165, 1.54) is 6.08 Å². The van der Waals surface area contributed by atoms with Crippen molar-refractivity contribution in [2.75, 3.05) is 20.1 Å². The minimum atomic E-state index is -0.318. The highest BCUT2D eigenvalue weighted by molar-refractivity contribution is 5.94. The van der Waals surface area contributed by atoms with Crippen LogP contribution in [0.1, 0.15) is 35.2 Å². The molecule has 0 unspecified atom stereocenters. The Labute approximate surface area is 141 Å². The van der Waals surface area contributed by atoms with Gasteiger partial charge in [0.2, 0.25) is 11.8 Å². The van der Waals surface area contributed by atoms with Crippen LogP contribution in [0.15, 0.2) is 30.3 Å². The SMILES string of the molecule is CNC(=O)c1ccc(/C=C\C(=O)N2CCC[C@@H](CC(N)=O)C2)cc1. The van der Waals surface area contributed by atoms with Crippen LogP contribution in [-0.4, -0.2) is 42.8 Å². The van der Waals surface area contributed by atoms with E-state index in [0.717, 1.165) is 18.4 Å². The lowest BCUT2D eigenvalue weighted by atomic mass is 9.94. The van der Waals surface area contributed by atoms with Gasteiger partial charge in [0.1, 0.15) is 0 Å². The van der Waals surface area contributed by atoms with Crippen LogP contribution in [0.5, 0.6) is 0 Å². The molecular weight excluding hydrogens is 306 g/mol. The number of likely N-dealkylation sites (tertiary alicyclic amines) is 1. The van der Waals surface area contributed by atoms with E-state index in [2.05, 4.69) is 5.32 Å². The second-order valence-electron chi connectivity index (χ2n) is 6.00. The Morgan fingerprint density at radius 1 is 1.29 bits per heavy atom. The van der Waals surface area contributed by atoms with Gasteiger partial charge >= 0.3 is 0 Å². The van der Waals surface area contributed by atoms with E-state index in [-0.39, 0.29) is 23.6 Å². The third-order valence-electron chi connectivity index (χ3n) is 4.14. The van der Waals surface area contributed by atoms with E-state index in [4.69, 9.17) is 5.73 Å². The fraction of sp³-hybridized carbons (Fsp3) is 0.389. The number of hydrogen-bond donors (Lipinski definition) is 2. The van der Waals surface area contributed by atoms with Crippen molar-refractivity contribution in [1.29, 1.82) is 0 Å². The summed E-state index contributed by atoms with van der Waals surface area (Å²) in [6.45, 7) is 1.27. The van der Waals surface area contributed by atoms with Gasteiger partial charge < -0.3 is 16.0 Å². The van der Waals surface area contributed by atoms with Crippen LogP contribution >= 0.6 is 0 Å². The molecule has 1 aromatic rings. The Bertz CT molecular complexity index is 637. The number of nitrogens with one attached hydrogen (secondary N) is 1. The fourth-order valence-corrected chi connectivity index (χ4v) is 2.88. The first-order valence-electron chi connectivity index (χ1n) is 8.07. The molecule has 1 heterocycles. The first kappa shape index (κ1) is 17.7. The topological polar surface area (TPSA) is 92.5 Å². The summed E-state index contributed by atoms with van der Waals surface area (Å²) in [5, 5.41) is 2.56. The van der Waals surface area contributed by atoms with E-state index >= 15 is 0 Å². The Balaban J connectivity index is 1.94. The molecule has 6 nitrogen and oxygen atoms in total. The third kappa shape index (κ3) is 4.94. The molecule has 0 aromatic heterocycles.